The van der Waals surface area contributed by atoms with Crippen LogP contribution in [0.3, 0.4) is 0 Å². The van der Waals surface area contributed by atoms with Crippen LogP contribution in [0, 0.1) is 6.92 Å². The van der Waals surface area contributed by atoms with Gasteiger partial charge in [0.1, 0.15) is 5.75 Å². The molecule has 0 unspecified atom stereocenters. The van der Waals surface area contributed by atoms with E-state index in [0.717, 1.165) is 22.8 Å². The summed E-state index contributed by atoms with van der Waals surface area (Å²) in [5.41, 5.74) is 3.31. The Balaban J connectivity index is 2.01. The van der Waals surface area contributed by atoms with Crippen molar-refractivity contribution in [1.82, 2.24) is 9.78 Å². The molecule has 2 aromatic carbocycles. The third-order valence-electron chi connectivity index (χ3n) is 3.89. The van der Waals surface area contributed by atoms with Crippen molar-refractivity contribution in [3.05, 3.63) is 75.2 Å². The number of halogens is 1. The van der Waals surface area contributed by atoms with Crippen LogP contribution in [0.1, 0.15) is 18.2 Å². The molecule has 5 nitrogen and oxygen atoms in total. The Hall–Kier alpha value is -2.79. The van der Waals surface area contributed by atoms with E-state index in [4.69, 9.17) is 16.3 Å². The fourth-order valence-electron chi connectivity index (χ4n) is 2.65. The Morgan fingerprint density at radius 1 is 1.12 bits per heavy atom. The molecule has 0 aliphatic heterocycles. The van der Waals surface area contributed by atoms with Crippen molar-refractivity contribution in [2.24, 2.45) is 4.99 Å². The van der Waals surface area contributed by atoms with E-state index in [-0.39, 0.29) is 5.56 Å². The van der Waals surface area contributed by atoms with Gasteiger partial charge in [-0.2, -0.15) is 0 Å². The summed E-state index contributed by atoms with van der Waals surface area (Å²) in [6, 6.07) is 14.4. The molecule has 3 aromatic rings. The second-order valence-corrected chi connectivity index (χ2v) is 6.06. The molecule has 1 N–H and O–H groups in total. The van der Waals surface area contributed by atoms with Gasteiger partial charge in [0.25, 0.3) is 5.56 Å². The number of methoxy groups -OCH3 is 1. The van der Waals surface area contributed by atoms with Gasteiger partial charge >= 0.3 is 0 Å². The summed E-state index contributed by atoms with van der Waals surface area (Å²) in [5.74, 6) is 0.737. The van der Waals surface area contributed by atoms with Crippen LogP contribution >= 0.6 is 11.6 Å². The van der Waals surface area contributed by atoms with Gasteiger partial charge in [0.15, 0.2) is 0 Å². The second-order valence-electron chi connectivity index (χ2n) is 5.62. The zero-order chi connectivity index (χ0) is 18.0. The molecule has 0 aliphatic carbocycles. The van der Waals surface area contributed by atoms with Crippen LogP contribution in [-0.4, -0.2) is 22.6 Å². The smallest absolute Gasteiger partial charge is 0.280 e. The van der Waals surface area contributed by atoms with Crippen LogP contribution < -0.4 is 10.3 Å². The molecule has 0 aliphatic rings. The molecule has 0 radical (unpaired) electrons. The lowest BCUT2D eigenvalue weighted by Gasteiger charge is -2.03. The number of nitrogens with zero attached hydrogens (tertiary/aromatic N) is 2. The van der Waals surface area contributed by atoms with Crippen LogP contribution in [0.4, 0.5) is 5.69 Å². The lowest BCUT2D eigenvalue weighted by molar-refractivity contribution is 0.414. The molecule has 1 heterocycles. The maximum atomic E-state index is 12.8. The average Bonchev–Trinajstić information content (AvgIpc) is 2.91. The molecule has 6 heteroatoms. The molecule has 128 valence electrons. The van der Waals surface area contributed by atoms with Gasteiger partial charge in [0.05, 0.1) is 29.8 Å². The predicted octanol–water partition coefficient (Wildman–Crippen LogP) is 4.28. The van der Waals surface area contributed by atoms with Crippen molar-refractivity contribution in [3.8, 4) is 11.4 Å². The van der Waals surface area contributed by atoms with Gasteiger partial charge < -0.3 is 4.74 Å². The first-order valence-electron chi connectivity index (χ1n) is 7.77. The number of ether oxygens (including phenoxy) is 1. The van der Waals surface area contributed by atoms with Gasteiger partial charge in [-0.3, -0.25) is 14.9 Å². The number of aromatic amines is 1. The fraction of sp³-hybridized carbons (Fsp3) is 0.158. The number of benzene rings is 2. The topological polar surface area (TPSA) is 59.4 Å². The first kappa shape index (κ1) is 17.0. The predicted molar refractivity (Wildman–Crippen MR) is 101 cm³/mol. The average molecular weight is 356 g/mol. The molecule has 3 rings (SSSR count). The third kappa shape index (κ3) is 3.51. The van der Waals surface area contributed by atoms with E-state index in [1.165, 1.54) is 4.68 Å². The number of aromatic nitrogens is 2. The van der Waals surface area contributed by atoms with Gasteiger partial charge in [-0.05, 0) is 62.4 Å². The number of aryl methyl sites for hydroxylation is 1. The molecular weight excluding hydrogens is 338 g/mol. The Morgan fingerprint density at radius 3 is 2.36 bits per heavy atom. The second kappa shape index (κ2) is 6.99. The molecule has 0 fully saturated rings. The molecule has 1 aromatic heterocycles. The van der Waals surface area contributed by atoms with Crippen molar-refractivity contribution < 1.29 is 4.74 Å². The number of hydrogen-bond donors (Lipinski definition) is 1. The quantitative estimate of drug-likeness (QED) is 0.710. The van der Waals surface area contributed by atoms with Crippen molar-refractivity contribution in [2.75, 3.05) is 7.11 Å². The zero-order valence-electron chi connectivity index (χ0n) is 14.2. The van der Waals surface area contributed by atoms with E-state index in [1.807, 2.05) is 50.2 Å². The third-order valence-corrected chi connectivity index (χ3v) is 4.14. The highest BCUT2D eigenvalue weighted by Gasteiger charge is 2.15. The van der Waals surface area contributed by atoms with Crippen LogP contribution in [0.25, 0.3) is 5.69 Å². The van der Waals surface area contributed by atoms with Gasteiger partial charge in [0.2, 0.25) is 0 Å². The first-order valence-corrected chi connectivity index (χ1v) is 8.14. The zero-order valence-corrected chi connectivity index (χ0v) is 15.0. The van der Waals surface area contributed by atoms with E-state index in [2.05, 4.69) is 10.1 Å². The van der Waals surface area contributed by atoms with Crippen molar-refractivity contribution >= 4 is 23.0 Å². The first-order chi connectivity index (χ1) is 12.0. The Morgan fingerprint density at radius 2 is 1.76 bits per heavy atom. The number of nitrogens with one attached hydrogen (secondary N) is 1. The number of rotatable bonds is 4. The van der Waals surface area contributed by atoms with Crippen molar-refractivity contribution in [2.45, 2.75) is 13.8 Å². The summed E-state index contributed by atoms with van der Waals surface area (Å²) in [4.78, 5) is 17.4. The number of aliphatic imine (C=N–C) groups is 1. The van der Waals surface area contributed by atoms with Gasteiger partial charge in [-0.15, -0.1) is 0 Å². The normalized spacial score (nSPS) is 11.6. The minimum atomic E-state index is -0.141. The number of H-pyrrole nitrogens is 1. The van der Waals surface area contributed by atoms with Gasteiger partial charge in [-0.1, -0.05) is 11.6 Å². The molecule has 25 heavy (non-hydrogen) atoms. The maximum absolute atomic E-state index is 12.8. The highest BCUT2D eigenvalue weighted by Crippen LogP contribution is 2.18. The van der Waals surface area contributed by atoms with E-state index in [9.17, 15) is 4.79 Å². The highest BCUT2D eigenvalue weighted by atomic mass is 35.5. The maximum Gasteiger partial charge on any atom is 0.280 e. The molecule has 0 bridgehead atoms. The van der Waals surface area contributed by atoms with Gasteiger partial charge in [-0.25, -0.2) is 4.68 Å². The Labute approximate surface area is 150 Å². The minimum absolute atomic E-state index is 0.141. The summed E-state index contributed by atoms with van der Waals surface area (Å²) in [7, 11) is 1.61. The molecule has 0 saturated carbocycles. The fourth-order valence-corrected chi connectivity index (χ4v) is 2.78. The van der Waals surface area contributed by atoms with Crippen LogP contribution in [0.15, 0.2) is 58.3 Å². The van der Waals surface area contributed by atoms with Crippen molar-refractivity contribution in [3.63, 3.8) is 0 Å². The monoisotopic (exact) mass is 355 g/mol. The van der Waals surface area contributed by atoms with Crippen LogP contribution in [0.5, 0.6) is 5.75 Å². The highest BCUT2D eigenvalue weighted by molar-refractivity contribution is 6.30. The standard InChI is InChI=1S/C19H18ClN3O2/c1-12(21-15-6-4-14(20)5-7-15)18-13(2)22-23(19(18)24)16-8-10-17(25-3)11-9-16/h4-11,22H,1-3H3. The summed E-state index contributed by atoms with van der Waals surface area (Å²) < 4.78 is 6.66. The van der Waals surface area contributed by atoms with E-state index in [0.29, 0.717) is 16.3 Å². The minimum Gasteiger partial charge on any atom is -0.497 e. The van der Waals surface area contributed by atoms with E-state index >= 15 is 0 Å². The largest absolute Gasteiger partial charge is 0.497 e. The summed E-state index contributed by atoms with van der Waals surface area (Å²) in [5, 5.41) is 3.75. The lowest BCUT2D eigenvalue weighted by atomic mass is 10.1. The molecular formula is C19H18ClN3O2. The molecule has 0 amide bonds. The summed E-state index contributed by atoms with van der Waals surface area (Å²) in [6.45, 7) is 3.68. The summed E-state index contributed by atoms with van der Waals surface area (Å²) >= 11 is 5.89. The Bertz CT molecular complexity index is 967. The van der Waals surface area contributed by atoms with E-state index < -0.39 is 0 Å². The van der Waals surface area contributed by atoms with Crippen molar-refractivity contribution in [1.29, 1.82) is 0 Å². The van der Waals surface area contributed by atoms with E-state index in [1.54, 1.807) is 19.2 Å². The van der Waals surface area contributed by atoms with Crippen LogP contribution in [0.2, 0.25) is 5.02 Å². The molecule has 0 saturated heterocycles. The Kier molecular flexibility index (Phi) is 4.76. The molecule has 0 spiro atoms. The van der Waals surface area contributed by atoms with Gasteiger partial charge in [0, 0.05) is 10.7 Å². The van der Waals surface area contributed by atoms with Crippen LogP contribution in [-0.2, 0) is 0 Å². The molecule has 0 atom stereocenters. The summed E-state index contributed by atoms with van der Waals surface area (Å²) in [6.07, 6.45) is 0. The number of hydrogen-bond acceptors (Lipinski definition) is 3. The SMILES string of the molecule is COc1ccc(-n2[nH]c(C)c(C(C)=Nc3ccc(Cl)cc3)c2=O)cc1. The lowest BCUT2D eigenvalue weighted by Crippen LogP contribution is -2.19.